The summed E-state index contributed by atoms with van der Waals surface area (Å²) in [4.78, 5) is 1.48. The maximum absolute atomic E-state index is 6.38. The summed E-state index contributed by atoms with van der Waals surface area (Å²) in [6, 6.07) is 4.74. The van der Waals surface area contributed by atoms with E-state index in [9.17, 15) is 0 Å². The molecule has 2 unspecified atom stereocenters. The highest BCUT2D eigenvalue weighted by atomic mass is 32.1. The third-order valence-electron chi connectivity index (χ3n) is 4.16. The van der Waals surface area contributed by atoms with Gasteiger partial charge in [-0.05, 0) is 48.5 Å². The molecular weight excluding hydrogens is 214 g/mol. The number of thiophene rings is 1. The van der Waals surface area contributed by atoms with Crippen molar-refractivity contribution in [3.8, 4) is 0 Å². The first-order valence-electron chi connectivity index (χ1n) is 6.37. The highest BCUT2D eigenvalue weighted by molar-refractivity contribution is 7.09. The van der Waals surface area contributed by atoms with Gasteiger partial charge in [-0.25, -0.2) is 0 Å². The zero-order valence-corrected chi connectivity index (χ0v) is 11.2. The molecule has 2 N–H and O–H groups in total. The van der Waals surface area contributed by atoms with Crippen LogP contribution >= 0.6 is 11.3 Å². The van der Waals surface area contributed by atoms with Crippen LogP contribution in [0.4, 0.5) is 0 Å². The molecular formula is C14H23NS. The normalized spacial score (nSPS) is 25.8. The molecule has 16 heavy (non-hydrogen) atoms. The van der Waals surface area contributed by atoms with Crippen molar-refractivity contribution in [1.29, 1.82) is 0 Å². The van der Waals surface area contributed by atoms with Crippen molar-refractivity contribution in [2.45, 2.75) is 52.0 Å². The van der Waals surface area contributed by atoms with Crippen LogP contribution in [0.25, 0.3) is 0 Å². The molecule has 0 bridgehead atoms. The molecule has 0 amide bonds. The number of rotatable bonds is 4. The smallest absolute Gasteiger partial charge is 0.00757 e. The SMILES string of the molecule is CC1(C)CCCC1C(N)CCc1cccs1. The molecule has 1 aliphatic carbocycles. The Morgan fingerprint density at radius 1 is 1.56 bits per heavy atom. The summed E-state index contributed by atoms with van der Waals surface area (Å²) < 4.78 is 0. The first kappa shape index (κ1) is 12.1. The van der Waals surface area contributed by atoms with Crippen molar-refractivity contribution in [1.82, 2.24) is 0 Å². The lowest BCUT2D eigenvalue weighted by molar-refractivity contribution is 0.215. The lowest BCUT2D eigenvalue weighted by atomic mass is 9.76. The number of hydrogen-bond acceptors (Lipinski definition) is 2. The van der Waals surface area contributed by atoms with Crippen molar-refractivity contribution in [3.05, 3.63) is 22.4 Å². The zero-order valence-electron chi connectivity index (χ0n) is 10.4. The summed E-state index contributed by atoms with van der Waals surface area (Å²) in [6.45, 7) is 4.77. The minimum absolute atomic E-state index is 0.389. The molecule has 1 saturated carbocycles. The van der Waals surface area contributed by atoms with Crippen molar-refractivity contribution < 1.29 is 0 Å². The van der Waals surface area contributed by atoms with Crippen LogP contribution in [0.3, 0.4) is 0 Å². The molecule has 0 radical (unpaired) electrons. The molecule has 1 fully saturated rings. The monoisotopic (exact) mass is 237 g/mol. The van der Waals surface area contributed by atoms with E-state index in [0.29, 0.717) is 11.5 Å². The van der Waals surface area contributed by atoms with Gasteiger partial charge in [0.1, 0.15) is 0 Å². The van der Waals surface area contributed by atoms with Gasteiger partial charge in [0.25, 0.3) is 0 Å². The van der Waals surface area contributed by atoms with Gasteiger partial charge in [-0.15, -0.1) is 11.3 Å². The Morgan fingerprint density at radius 3 is 2.94 bits per heavy atom. The molecule has 2 atom stereocenters. The first-order chi connectivity index (χ1) is 7.59. The molecule has 0 aromatic carbocycles. The minimum Gasteiger partial charge on any atom is -0.327 e. The molecule has 1 heterocycles. The van der Waals surface area contributed by atoms with Gasteiger partial charge in [0.05, 0.1) is 0 Å². The molecule has 0 spiro atoms. The van der Waals surface area contributed by atoms with Gasteiger partial charge in [0.15, 0.2) is 0 Å². The zero-order chi connectivity index (χ0) is 11.6. The van der Waals surface area contributed by atoms with Crippen LogP contribution in [-0.4, -0.2) is 6.04 Å². The molecule has 2 rings (SSSR count). The Balaban J connectivity index is 1.86. The second-order valence-electron chi connectivity index (χ2n) is 5.77. The number of nitrogens with two attached hydrogens (primary N) is 1. The van der Waals surface area contributed by atoms with Crippen molar-refractivity contribution >= 4 is 11.3 Å². The standard InChI is InChI=1S/C14H23NS/c1-14(2)9-3-6-12(14)13(15)8-7-11-5-4-10-16-11/h4-5,10,12-13H,3,6-9,15H2,1-2H3. The van der Waals surface area contributed by atoms with E-state index in [0.717, 1.165) is 18.8 Å². The van der Waals surface area contributed by atoms with Crippen LogP contribution in [0.2, 0.25) is 0 Å². The van der Waals surface area contributed by atoms with E-state index < -0.39 is 0 Å². The Hall–Kier alpha value is -0.340. The maximum Gasteiger partial charge on any atom is 0.00757 e. The summed E-state index contributed by atoms with van der Waals surface area (Å²) in [5, 5.41) is 2.15. The lowest BCUT2D eigenvalue weighted by Crippen LogP contribution is -2.36. The number of aryl methyl sites for hydroxylation is 1. The molecule has 1 aromatic rings. The quantitative estimate of drug-likeness (QED) is 0.846. The van der Waals surface area contributed by atoms with E-state index in [-0.39, 0.29) is 0 Å². The highest BCUT2D eigenvalue weighted by Crippen LogP contribution is 2.44. The van der Waals surface area contributed by atoms with Gasteiger partial charge in [0, 0.05) is 10.9 Å². The number of hydrogen-bond donors (Lipinski definition) is 1. The topological polar surface area (TPSA) is 26.0 Å². The molecule has 0 aliphatic heterocycles. The summed E-state index contributed by atoms with van der Waals surface area (Å²) >= 11 is 1.85. The van der Waals surface area contributed by atoms with E-state index in [1.54, 1.807) is 0 Å². The third-order valence-corrected chi connectivity index (χ3v) is 5.10. The second kappa shape index (κ2) is 4.89. The predicted molar refractivity (Wildman–Crippen MR) is 71.7 cm³/mol. The summed E-state index contributed by atoms with van der Waals surface area (Å²) in [5.74, 6) is 0.729. The van der Waals surface area contributed by atoms with Crippen molar-refractivity contribution in [2.24, 2.45) is 17.1 Å². The Morgan fingerprint density at radius 2 is 2.38 bits per heavy atom. The molecule has 90 valence electrons. The average molecular weight is 237 g/mol. The lowest BCUT2D eigenvalue weighted by Gasteiger charge is -2.32. The van der Waals surface area contributed by atoms with Crippen LogP contribution in [0, 0.1) is 11.3 Å². The van der Waals surface area contributed by atoms with Gasteiger partial charge in [0.2, 0.25) is 0 Å². The van der Waals surface area contributed by atoms with E-state index in [4.69, 9.17) is 5.73 Å². The van der Waals surface area contributed by atoms with E-state index >= 15 is 0 Å². The fourth-order valence-corrected chi connectivity index (χ4v) is 3.84. The largest absolute Gasteiger partial charge is 0.327 e. The fraction of sp³-hybridized carbons (Fsp3) is 0.714. The van der Waals surface area contributed by atoms with Crippen LogP contribution < -0.4 is 5.73 Å². The van der Waals surface area contributed by atoms with E-state index in [2.05, 4.69) is 31.4 Å². The van der Waals surface area contributed by atoms with E-state index in [1.807, 2.05) is 11.3 Å². The van der Waals surface area contributed by atoms with Gasteiger partial charge in [-0.3, -0.25) is 0 Å². The average Bonchev–Trinajstić information content (AvgIpc) is 2.83. The highest BCUT2D eigenvalue weighted by Gasteiger charge is 2.37. The van der Waals surface area contributed by atoms with Crippen molar-refractivity contribution in [2.75, 3.05) is 0 Å². The van der Waals surface area contributed by atoms with E-state index in [1.165, 1.54) is 24.1 Å². The second-order valence-corrected chi connectivity index (χ2v) is 6.80. The Bertz CT molecular complexity index is 315. The summed E-state index contributed by atoms with van der Waals surface area (Å²) in [6.07, 6.45) is 6.35. The molecule has 1 aliphatic rings. The minimum atomic E-state index is 0.389. The molecule has 1 nitrogen and oxygen atoms in total. The van der Waals surface area contributed by atoms with Crippen LogP contribution in [0.5, 0.6) is 0 Å². The first-order valence-corrected chi connectivity index (χ1v) is 7.25. The third kappa shape index (κ3) is 2.67. The Labute approximate surface area is 103 Å². The van der Waals surface area contributed by atoms with Crippen molar-refractivity contribution in [3.63, 3.8) is 0 Å². The van der Waals surface area contributed by atoms with Gasteiger partial charge >= 0.3 is 0 Å². The van der Waals surface area contributed by atoms with Gasteiger partial charge in [-0.2, -0.15) is 0 Å². The predicted octanol–water partition coefficient (Wildman–Crippen LogP) is 3.83. The Kier molecular flexibility index (Phi) is 3.70. The summed E-state index contributed by atoms with van der Waals surface area (Å²) in [7, 11) is 0. The van der Waals surface area contributed by atoms with Gasteiger partial charge in [-0.1, -0.05) is 26.3 Å². The van der Waals surface area contributed by atoms with Crippen LogP contribution in [0.1, 0.15) is 44.4 Å². The van der Waals surface area contributed by atoms with Gasteiger partial charge < -0.3 is 5.73 Å². The van der Waals surface area contributed by atoms with Crippen LogP contribution in [0.15, 0.2) is 17.5 Å². The maximum atomic E-state index is 6.38. The molecule has 2 heteroatoms. The fourth-order valence-electron chi connectivity index (χ4n) is 3.11. The molecule has 0 saturated heterocycles. The molecule has 1 aromatic heterocycles. The van der Waals surface area contributed by atoms with Crippen LogP contribution in [-0.2, 0) is 6.42 Å². The summed E-state index contributed by atoms with van der Waals surface area (Å²) in [5.41, 5.74) is 6.84.